The number of allylic oxidation sites excluding steroid dienone is 1. The highest BCUT2D eigenvalue weighted by molar-refractivity contribution is 5.96. The molecule has 1 aliphatic heterocycles. The van der Waals surface area contributed by atoms with Crippen molar-refractivity contribution in [1.29, 1.82) is 0 Å². The fourth-order valence-corrected chi connectivity index (χ4v) is 3.29. The number of primary amides is 1. The average Bonchev–Trinajstić information content (AvgIpc) is 3.23. The number of carbonyl (C=O) groups excluding carboxylic acids is 2. The fraction of sp³-hybridized carbons (Fsp3) is 0.273. The molecule has 0 unspecified atom stereocenters. The van der Waals surface area contributed by atoms with Gasteiger partial charge in [0.1, 0.15) is 17.1 Å². The summed E-state index contributed by atoms with van der Waals surface area (Å²) in [7, 11) is 0. The number of hydrazine groups is 2. The number of nitrogens with zero attached hydrogens (tertiary/aromatic N) is 1. The van der Waals surface area contributed by atoms with Crippen molar-refractivity contribution in [3.05, 3.63) is 71.1 Å². The van der Waals surface area contributed by atoms with Gasteiger partial charge in [-0.15, -0.1) is 5.53 Å². The Labute approximate surface area is 188 Å². The van der Waals surface area contributed by atoms with E-state index < -0.39 is 29.4 Å². The summed E-state index contributed by atoms with van der Waals surface area (Å²) in [6.45, 7) is 2.32. The van der Waals surface area contributed by atoms with Gasteiger partial charge >= 0.3 is 6.18 Å². The van der Waals surface area contributed by atoms with Gasteiger partial charge in [-0.1, -0.05) is 30.3 Å². The third-order valence-electron chi connectivity index (χ3n) is 4.78. The zero-order valence-corrected chi connectivity index (χ0v) is 17.8. The molecule has 0 radical (unpaired) electrons. The molecule has 1 heterocycles. The van der Waals surface area contributed by atoms with Crippen LogP contribution in [-0.4, -0.2) is 31.1 Å². The Morgan fingerprint density at radius 1 is 1.15 bits per heavy atom. The zero-order chi connectivity index (χ0) is 24.0. The Kier molecular flexibility index (Phi) is 7.44. The molecule has 0 fully saturated rings. The second-order valence-electron chi connectivity index (χ2n) is 7.14. The standard InChI is InChI=1S/C22H24F3N5O3/c1-2-27-21(32)15-10-11-16(30-19(22(23,24)25)18(20(26)31)28-29-30)17(13-15)33-12-6-9-14-7-4-3-5-8-14/h3-5,7-8,10-11,13,28-29H,2,6,9,12H2,1H3,(H2,26,31)(H,27,32). The molecule has 33 heavy (non-hydrogen) atoms. The summed E-state index contributed by atoms with van der Waals surface area (Å²) in [4.78, 5) is 23.8. The number of rotatable bonds is 9. The number of carbonyl (C=O) groups is 2. The number of amides is 2. The van der Waals surface area contributed by atoms with Crippen molar-refractivity contribution < 1.29 is 27.5 Å². The monoisotopic (exact) mass is 463 g/mol. The molecule has 3 rings (SSSR count). The van der Waals surface area contributed by atoms with E-state index in [1.165, 1.54) is 18.2 Å². The molecule has 2 amide bonds. The first-order chi connectivity index (χ1) is 15.7. The van der Waals surface area contributed by atoms with Gasteiger partial charge in [-0.25, -0.2) is 5.01 Å². The molecule has 0 aromatic heterocycles. The Morgan fingerprint density at radius 3 is 2.52 bits per heavy atom. The van der Waals surface area contributed by atoms with Crippen LogP contribution < -0.4 is 31.8 Å². The maximum Gasteiger partial charge on any atom is 0.435 e. The molecule has 5 N–H and O–H groups in total. The average molecular weight is 463 g/mol. The fourth-order valence-electron chi connectivity index (χ4n) is 3.29. The highest BCUT2D eigenvalue weighted by Crippen LogP contribution is 2.39. The van der Waals surface area contributed by atoms with Gasteiger partial charge in [0, 0.05) is 12.1 Å². The lowest BCUT2D eigenvalue weighted by atomic mass is 10.1. The van der Waals surface area contributed by atoms with Crippen molar-refractivity contribution in [2.75, 3.05) is 18.2 Å². The van der Waals surface area contributed by atoms with Crippen LogP contribution in [0.15, 0.2) is 59.9 Å². The highest BCUT2D eigenvalue weighted by Gasteiger charge is 2.46. The molecule has 0 saturated carbocycles. The minimum atomic E-state index is -4.90. The van der Waals surface area contributed by atoms with Gasteiger partial charge in [0.25, 0.3) is 11.8 Å². The lowest BCUT2D eigenvalue weighted by molar-refractivity contribution is -0.116. The Balaban J connectivity index is 1.89. The summed E-state index contributed by atoms with van der Waals surface area (Å²) in [5.74, 6) is -1.63. The highest BCUT2D eigenvalue weighted by atomic mass is 19.4. The van der Waals surface area contributed by atoms with E-state index in [1.54, 1.807) is 6.92 Å². The first-order valence-electron chi connectivity index (χ1n) is 10.2. The second kappa shape index (κ2) is 10.3. The molecule has 0 spiro atoms. The van der Waals surface area contributed by atoms with Crippen molar-refractivity contribution in [2.24, 2.45) is 5.73 Å². The lowest BCUT2D eigenvalue weighted by Gasteiger charge is -2.25. The lowest BCUT2D eigenvalue weighted by Crippen LogP contribution is -2.41. The Hall–Kier alpha value is -3.73. The van der Waals surface area contributed by atoms with Gasteiger partial charge in [-0.2, -0.15) is 13.2 Å². The van der Waals surface area contributed by atoms with Crippen LogP contribution >= 0.6 is 0 Å². The number of halogens is 3. The number of hydrogen-bond acceptors (Lipinski definition) is 6. The van der Waals surface area contributed by atoms with Crippen LogP contribution in [0.3, 0.4) is 0 Å². The number of ether oxygens (including phenoxy) is 1. The first-order valence-corrected chi connectivity index (χ1v) is 10.2. The van der Waals surface area contributed by atoms with E-state index in [2.05, 4.69) is 16.3 Å². The summed E-state index contributed by atoms with van der Waals surface area (Å²) in [5.41, 5.74) is 8.70. The number of anilines is 1. The van der Waals surface area contributed by atoms with Gasteiger partial charge < -0.3 is 15.8 Å². The maximum atomic E-state index is 13.7. The molecule has 2 aromatic rings. The molecule has 0 bridgehead atoms. The largest absolute Gasteiger partial charge is 0.491 e. The molecular formula is C22H24F3N5O3. The molecule has 0 aliphatic carbocycles. The van der Waals surface area contributed by atoms with Crippen LogP contribution in [0, 0.1) is 0 Å². The molecule has 11 heteroatoms. The van der Waals surface area contributed by atoms with Gasteiger partial charge in [0.2, 0.25) is 0 Å². The molecule has 8 nitrogen and oxygen atoms in total. The predicted octanol–water partition coefficient (Wildman–Crippen LogP) is 2.54. The summed E-state index contributed by atoms with van der Waals surface area (Å²) in [6, 6.07) is 13.7. The SMILES string of the molecule is CCNC(=O)c1ccc(N2NNC(C(N)=O)=C2C(F)(F)F)c(OCCCc2ccccc2)c1. The van der Waals surface area contributed by atoms with Crippen LogP contribution in [0.1, 0.15) is 29.3 Å². The van der Waals surface area contributed by atoms with Crippen LogP contribution in [0.2, 0.25) is 0 Å². The smallest absolute Gasteiger partial charge is 0.435 e. The van der Waals surface area contributed by atoms with Gasteiger partial charge in [-0.3, -0.25) is 15.0 Å². The minimum Gasteiger partial charge on any atom is -0.491 e. The maximum absolute atomic E-state index is 13.7. The Morgan fingerprint density at radius 2 is 1.88 bits per heavy atom. The third kappa shape index (κ3) is 5.75. The van der Waals surface area contributed by atoms with Gasteiger partial charge in [0.15, 0.2) is 5.70 Å². The van der Waals surface area contributed by atoms with Crippen LogP contribution in [-0.2, 0) is 11.2 Å². The molecule has 2 aromatic carbocycles. The van der Waals surface area contributed by atoms with E-state index in [0.29, 0.717) is 24.4 Å². The number of nitrogens with two attached hydrogens (primary N) is 1. The van der Waals surface area contributed by atoms with Crippen molar-refractivity contribution >= 4 is 17.5 Å². The second-order valence-corrected chi connectivity index (χ2v) is 7.14. The third-order valence-corrected chi connectivity index (χ3v) is 4.78. The van der Waals surface area contributed by atoms with Crippen molar-refractivity contribution in [3.8, 4) is 5.75 Å². The number of benzene rings is 2. The van der Waals surface area contributed by atoms with E-state index in [0.717, 1.165) is 5.56 Å². The van der Waals surface area contributed by atoms with E-state index in [4.69, 9.17) is 10.5 Å². The molecule has 0 atom stereocenters. The first kappa shape index (κ1) is 23.9. The predicted molar refractivity (Wildman–Crippen MR) is 116 cm³/mol. The van der Waals surface area contributed by atoms with E-state index in [1.807, 2.05) is 30.3 Å². The van der Waals surface area contributed by atoms with E-state index >= 15 is 0 Å². The Bertz CT molecular complexity index is 1040. The molecule has 176 valence electrons. The van der Waals surface area contributed by atoms with Crippen molar-refractivity contribution in [3.63, 3.8) is 0 Å². The minimum absolute atomic E-state index is 0.0357. The number of alkyl halides is 3. The zero-order valence-electron chi connectivity index (χ0n) is 17.8. The van der Waals surface area contributed by atoms with E-state index in [-0.39, 0.29) is 23.6 Å². The molecule has 0 saturated heterocycles. The summed E-state index contributed by atoms with van der Waals surface area (Å²) in [6.07, 6.45) is -3.60. The van der Waals surface area contributed by atoms with Crippen molar-refractivity contribution in [1.82, 2.24) is 16.3 Å². The topological polar surface area (TPSA) is 109 Å². The van der Waals surface area contributed by atoms with Crippen molar-refractivity contribution in [2.45, 2.75) is 25.9 Å². The van der Waals surface area contributed by atoms with Gasteiger partial charge in [0.05, 0.1) is 6.61 Å². The van der Waals surface area contributed by atoms with Gasteiger partial charge in [-0.05, 0) is 43.5 Å². The summed E-state index contributed by atoms with van der Waals surface area (Å²) in [5, 5.41) is 3.27. The van der Waals surface area contributed by atoms with Crippen LogP contribution in [0.4, 0.5) is 18.9 Å². The number of aryl methyl sites for hydroxylation is 1. The summed E-state index contributed by atoms with van der Waals surface area (Å²) >= 11 is 0. The molecule has 1 aliphatic rings. The number of nitrogens with one attached hydrogen (secondary N) is 3. The normalized spacial score (nSPS) is 13.6. The number of hydrogen-bond donors (Lipinski definition) is 4. The van der Waals surface area contributed by atoms with E-state index in [9.17, 15) is 22.8 Å². The van der Waals surface area contributed by atoms with Crippen LogP contribution in [0.5, 0.6) is 5.75 Å². The molecular weight excluding hydrogens is 439 g/mol. The quantitative estimate of drug-likeness (QED) is 0.426. The van der Waals surface area contributed by atoms with Crippen LogP contribution in [0.25, 0.3) is 0 Å². The summed E-state index contributed by atoms with van der Waals surface area (Å²) < 4.78 is 47.0.